The molecule has 0 radical (unpaired) electrons. The van der Waals surface area contributed by atoms with E-state index >= 15 is 0 Å². The van der Waals surface area contributed by atoms with E-state index in [4.69, 9.17) is 0 Å². The number of fused-ring (bicyclic) bond motifs is 2. The number of hydrogen-bond acceptors (Lipinski definition) is 10. The first-order valence-electron chi connectivity index (χ1n) is 9.74. The summed E-state index contributed by atoms with van der Waals surface area (Å²) in [5.74, 6) is -3.20. The first-order chi connectivity index (χ1) is 18.8. The lowest BCUT2D eigenvalue weighted by Gasteiger charge is -2.23. The third-order valence-corrected chi connectivity index (χ3v) is 5.24. The summed E-state index contributed by atoms with van der Waals surface area (Å²) in [5.41, 5.74) is -13.6. The minimum absolute atomic E-state index is 1.02. The third kappa shape index (κ3) is 4.14. The van der Waals surface area contributed by atoms with Crippen molar-refractivity contribution in [1.29, 1.82) is 42.1 Å². The molecule has 2 aliphatic carbocycles. The van der Waals surface area contributed by atoms with Crippen LogP contribution in [-0.4, -0.2) is 12.7 Å². The van der Waals surface area contributed by atoms with E-state index in [0.717, 1.165) is 0 Å². The minimum atomic E-state index is -5.70. The number of allylic oxidation sites excluding steroid dienone is 8. The topological polar surface area (TPSA) is 209 Å². The maximum Gasteiger partial charge on any atom is 0.573 e. The Morgan fingerprint density at radius 2 is 0.725 bits per heavy atom. The number of halogens is 6. The molecule has 1 aromatic rings. The number of rotatable bonds is 2. The highest BCUT2D eigenvalue weighted by molar-refractivity contribution is 6.18. The lowest BCUT2D eigenvalue weighted by atomic mass is 9.89. The Labute approximate surface area is 218 Å². The standard InChI is InChI=1S/C24F6N8O2/c25-23(26,27)39-21-18-14(8-38)12(6-36)16(10(3-33)4-34)20(18)22(40-24(28,29)30)17-13(7-37)11(5-35)15(19(17)21)9(1-31)2-32. The van der Waals surface area contributed by atoms with Crippen molar-refractivity contribution in [1.82, 2.24) is 0 Å². The van der Waals surface area contributed by atoms with Gasteiger partial charge in [-0.05, 0) is 0 Å². The second-order valence-corrected chi connectivity index (χ2v) is 7.15. The molecule has 0 amide bonds. The van der Waals surface area contributed by atoms with Gasteiger partial charge in [0.05, 0.1) is 22.3 Å². The van der Waals surface area contributed by atoms with Crippen molar-refractivity contribution in [3.8, 4) is 60.1 Å². The number of benzene rings is 1. The van der Waals surface area contributed by atoms with Gasteiger partial charge in [-0.25, -0.2) is 0 Å². The number of nitriles is 8. The average molecular weight is 546 g/mol. The zero-order valence-electron chi connectivity index (χ0n) is 18.7. The van der Waals surface area contributed by atoms with E-state index in [2.05, 4.69) is 9.47 Å². The van der Waals surface area contributed by atoms with Gasteiger partial charge in [0.15, 0.2) is 0 Å². The lowest BCUT2D eigenvalue weighted by molar-refractivity contribution is -0.277. The molecular weight excluding hydrogens is 546 g/mol. The molecule has 3 rings (SSSR count). The molecule has 0 unspecified atom stereocenters. The molecule has 0 aliphatic heterocycles. The van der Waals surface area contributed by atoms with Crippen LogP contribution < -0.4 is 9.47 Å². The van der Waals surface area contributed by atoms with Gasteiger partial charge < -0.3 is 9.47 Å². The van der Waals surface area contributed by atoms with Crippen LogP contribution in [0.3, 0.4) is 0 Å². The highest BCUT2D eigenvalue weighted by Crippen LogP contribution is 2.61. The molecule has 0 atom stereocenters. The second-order valence-electron chi connectivity index (χ2n) is 7.15. The van der Waals surface area contributed by atoms with E-state index in [-0.39, 0.29) is 0 Å². The summed E-state index contributed by atoms with van der Waals surface area (Å²) in [5, 5.41) is 76.4. The first kappa shape index (κ1) is 27.9. The molecule has 0 fully saturated rings. The number of nitrogens with zero attached hydrogens (tertiary/aromatic N) is 8. The lowest BCUT2D eigenvalue weighted by Crippen LogP contribution is -2.22. The van der Waals surface area contributed by atoms with Crippen LogP contribution in [0.1, 0.15) is 22.3 Å². The van der Waals surface area contributed by atoms with Crippen molar-refractivity contribution in [3.05, 3.63) is 44.5 Å². The molecule has 0 saturated carbocycles. The van der Waals surface area contributed by atoms with Crippen LogP contribution in [0, 0.1) is 90.6 Å². The molecule has 1 aromatic carbocycles. The van der Waals surface area contributed by atoms with Gasteiger partial charge in [0.2, 0.25) is 0 Å². The van der Waals surface area contributed by atoms with Gasteiger partial charge in [-0.15, -0.1) is 26.3 Å². The Balaban J connectivity index is 2.94. The molecule has 0 bridgehead atoms. The van der Waals surface area contributed by atoms with Crippen LogP contribution in [0.5, 0.6) is 11.5 Å². The van der Waals surface area contributed by atoms with E-state index in [0.29, 0.717) is 0 Å². The largest absolute Gasteiger partial charge is 0.573 e. The maximum absolute atomic E-state index is 13.7. The first-order valence-corrected chi connectivity index (χ1v) is 9.74. The van der Waals surface area contributed by atoms with Gasteiger partial charge in [-0.2, -0.15) is 42.1 Å². The van der Waals surface area contributed by atoms with Crippen molar-refractivity contribution in [2.45, 2.75) is 12.7 Å². The van der Waals surface area contributed by atoms with E-state index < -0.39 is 91.1 Å². The van der Waals surface area contributed by atoms with Gasteiger partial charge >= 0.3 is 12.7 Å². The normalized spacial score (nSPS) is 13.2. The molecule has 16 heteroatoms. The fourth-order valence-electron chi connectivity index (χ4n) is 4.06. The number of alkyl halides is 6. The smallest absolute Gasteiger partial charge is 0.404 e. The monoisotopic (exact) mass is 546 g/mol. The molecular formula is C24F6N8O2. The van der Waals surface area contributed by atoms with Crippen molar-refractivity contribution < 1.29 is 35.8 Å². The Hall–Kier alpha value is -6.72. The Kier molecular flexibility index (Phi) is 6.70. The quantitative estimate of drug-likeness (QED) is 0.368. The average Bonchev–Trinajstić information content (AvgIpc) is 3.39. The van der Waals surface area contributed by atoms with Crippen molar-refractivity contribution in [2.75, 3.05) is 0 Å². The Morgan fingerprint density at radius 1 is 0.450 bits per heavy atom. The van der Waals surface area contributed by atoms with Gasteiger partial charge in [0, 0.05) is 33.4 Å². The molecule has 190 valence electrons. The molecule has 0 aromatic heterocycles. The SMILES string of the molecule is N#CC(C#N)=C1C(C#N)=C(C#N)c2c(OC(F)(F)F)c3c(c(OC(F)(F)F)c21)C(C#N)=C(C#N)C3=C(C#N)C#N. The highest BCUT2D eigenvalue weighted by atomic mass is 19.4. The van der Waals surface area contributed by atoms with Crippen LogP contribution in [0.4, 0.5) is 26.3 Å². The van der Waals surface area contributed by atoms with E-state index in [9.17, 15) is 68.4 Å². The van der Waals surface area contributed by atoms with Crippen molar-refractivity contribution in [3.63, 3.8) is 0 Å². The Bertz CT molecular complexity index is 1730. The van der Waals surface area contributed by atoms with Gasteiger partial charge in [-0.3, -0.25) is 0 Å². The molecule has 40 heavy (non-hydrogen) atoms. The van der Waals surface area contributed by atoms with Crippen LogP contribution in [0.25, 0.3) is 22.3 Å². The fraction of sp³-hybridized carbons (Fsp3) is 0.0833. The number of ether oxygens (including phenoxy) is 2. The Morgan fingerprint density at radius 3 is 0.925 bits per heavy atom. The van der Waals surface area contributed by atoms with Gasteiger partial charge in [-0.1, -0.05) is 0 Å². The summed E-state index contributed by atoms with van der Waals surface area (Å²) in [6.07, 6.45) is -11.4. The van der Waals surface area contributed by atoms with Crippen LogP contribution in [-0.2, 0) is 0 Å². The summed E-state index contributed by atoms with van der Waals surface area (Å²) < 4.78 is 90.2. The highest BCUT2D eigenvalue weighted by Gasteiger charge is 2.49. The molecule has 0 heterocycles. The predicted molar refractivity (Wildman–Crippen MR) is 112 cm³/mol. The van der Waals surface area contributed by atoms with E-state index in [1.807, 2.05) is 0 Å². The molecule has 0 spiro atoms. The van der Waals surface area contributed by atoms with Gasteiger partial charge in [0.25, 0.3) is 0 Å². The summed E-state index contributed by atoms with van der Waals surface area (Å²) in [4.78, 5) is 0. The van der Waals surface area contributed by atoms with Crippen LogP contribution in [0.2, 0.25) is 0 Å². The fourth-order valence-corrected chi connectivity index (χ4v) is 4.06. The predicted octanol–water partition coefficient (Wildman–Crippen LogP) is 4.71. The second kappa shape index (κ2) is 9.63. The molecule has 10 nitrogen and oxygen atoms in total. The summed E-state index contributed by atoms with van der Waals surface area (Å²) in [7, 11) is 0. The van der Waals surface area contributed by atoms with E-state index in [1.165, 1.54) is 48.6 Å². The van der Waals surface area contributed by atoms with Crippen LogP contribution >= 0.6 is 0 Å². The van der Waals surface area contributed by atoms with Crippen molar-refractivity contribution in [2.24, 2.45) is 0 Å². The molecule has 0 N–H and O–H groups in total. The zero-order valence-corrected chi connectivity index (χ0v) is 18.7. The van der Waals surface area contributed by atoms with E-state index in [1.54, 1.807) is 0 Å². The summed E-state index contributed by atoms with van der Waals surface area (Å²) >= 11 is 0. The number of hydrogen-bond donors (Lipinski definition) is 0. The van der Waals surface area contributed by atoms with Crippen LogP contribution in [0.15, 0.2) is 22.3 Å². The minimum Gasteiger partial charge on any atom is -0.404 e. The maximum atomic E-state index is 13.7. The van der Waals surface area contributed by atoms with Gasteiger partial charge in [0.1, 0.15) is 71.2 Å². The summed E-state index contributed by atoms with van der Waals surface area (Å²) in [6.45, 7) is 0. The third-order valence-electron chi connectivity index (χ3n) is 5.24. The molecule has 0 saturated heterocycles. The molecule has 2 aliphatic rings. The summed E-state index contributed by atoms with van der Waals surface area (Å²) in [6, 6.07) is 10.4. The van der Waals surface area contributed by atoms with Crippen molar-refractivity contribution >= 4 is 22.3 Å². The zero-order chi connectivity index (χ0) is 30.2.